The summed E-state index contributed by atoms with van der Waals surface area (Å²) in [6, 6.07) is 1.52. The molecule has 0 aromatic carbocycles. The third-order valence-electron chi connectivity index (χ3n) is 3.62. The van der Waals surface area contributed by atoms with Crippen LogP contribution < -0.4 is 0 Å². The first-order valence-electron chi connectivity index (χ1n) is 6.32. The van der Waals surface area contributed by atoms with Gasteiger partial charge in [-0.15, -0.1) is 4.79 Å². The van der Waals surface area contributed by atoms with Gasteiger partial charge in [0.05, 0.1) is 0 Å². The van der Waals surface area contributed by atoms with E-state index in [1.807, 2.05) is 0 Å². The first-order chi connectivity index (χ1) is 8.49. The number of nitriles is 1. The van der Waals surface area contributed by atoms with E-state index < -0.39 is 11.7 Å². The van der Waals surface area contributed by atoms with Crippen molar-refractivity contribution in [3.63, 3.8) is 0 Å². The third-order valence-corrected chi connectivity index (χ3v) is 3.62. The van der Waals surface area contributed by atoms with E-state index >= 15 is 0 Å². The summed E-state index contributed by atoms with van der Waals surface area (Å²) in [5.41, 5.74) is 7.93. The van der Waals surface area contributed by atoms with Gasteiger partial charge in [-0.1, -0.05) is 27.2 Å². The smallest absolute Gasteiger partial charge is 0.453 e. The van der Waals surface area contributed by atoms with Crippen molar-refractivity contribution >= 4 is 11.7 Å². The minimum absolute atomic E-state index is 0.189. The fourth-order valence-corrected chi connectivity index (χ4v) is 2.55. The highest BCUT2D eigenvalue weighted by Crippen LogP contribution is 2.35. The van der Waals surface area contributed by atoms with Gasteiger partial charge in [0.2, 0.25) is 0 Å². The molecule has 1 rings (SSSR count). The molecule has 1 saturated carbocycles. The first kappa shape index (κ1) is 14.4. The zero-order chi connectivity index (χ0) is 13.7. The maximum absolute atomic E-state index is 11.6. The topological polar surface area (TPSA) is 86.5 Å². The highest BCUT2D eigenvalue weighted by Gasteiger charge is 2.35. The zero-order valence-electron chi connectivity index (χ0n) is 11.1. The van der Waals surface area contributed by atoms with Gasteiger partial charge in [-0.2, -0.15) is 5.26 Å². The van der Waals surface area contributed by atoms with Gasteiger partial charge in [-0.25, -0.2) is 4.79 Å². The van der Waals surface area contributed by atoms with Crippen molar-refractivity contribution in [2.24, 2.45) is 17.8 Å². The molecule has 0 saturated heterocycles. The molecule has 0 aliphatic heterocycles. The Bertz CT molecular complexity index is 405. The van der Waals surface area contributed by atoms with E-state index in [0.717, 1.165) is 19.3 Å². The van der Waals surface area contributed by atoms with Gasteiger partial charge in [0.1, 0.15) is 6.10 Å². The van der Waals surface area contributed by atoms with E-state index in [-0.39, 0.29) is 6.10 Å². The molecule has 0 radical (unpaired) electrons. The number of carbonyl (C=O) groups is 1. The Morgan fingerprint density at radius 3 is 2.67 bits per heavy atom. The summed E-state index contributed by atoms with van der Waals surface area (Å²) in [5, 5.41) is 8.61. The Kier molecular flexibility index (Phi) is 5.06. The Hall–Kier alpha value is -1.66. The van der Waals surface area contributed by atoms with Crippen LogP contribution in [-0.2, 0) is 9.53 Å². The molecule has 1 fully saturated rings. The Morgan fingerprint density at radius 1 is 1.50 bits per heavy atom. The maximum Gasteiger partial charge on any atom is 0.475 e. The number of rotatable bonds is 3. The van der Waals surface area contributed by atoms with E-state index in [0.29, 0.717) is 17.8 Å². The maximum atomic E-state index is 11.6. The monoisotopic (exact) mass is 249 g/mol. The number of hydrogen-bond acceptors (Lipinski definition) is 3. The number of esters is 1. The zero-order valence-corrected chi connectivity index (χ0v) is 11.1. The number of carbonyl (C=O) groups excluding carboxylic acids is 1. The molecule has 5 nitrogen and oxygen atoms in total. The van der Waals surface area contributed by atoms with Crippen LogP contribution in [-0.4, -0.2) is 22.6 Å². The minimum atomic E-state index is -0.829. The fraction of sp³-hybridized carbons (Fsp3) is 0.769. The number of nitrogens with zero attached hydrogens (tertiary/aromatic N) is 3. The van der Waals surface area contributed by atoms with Gasteiger partial charge in [-0.3, -0.25) is 0 Å². The van der Waals surface area contributed by atoms with Crippen LogP contribution in [0.1, 0.15) is 40.0 Å². The van der Waals surface area contributed by atoms with Crippen LogP contribution in [0.4, 0.5) is 0 Å². The summed E-state index contributed by atoms with van der Waals surface area (Å²) in [5.74, 6) is 0.412. The van der Waals surface area contributed by atoms with Crippen LogP contribution in [0, 0.1) is 29.1 Å². The normalized spacial score (nSPS) is 27.2. The van der Waals surface area contributed by atoms with Gasteiger partial charge in [0.15, 0.2) is 6.07 Å². The van der Waals surface area contributed by atoms with Crippen molar-refractivity contribution in [2.75, 3.05) is 0 Å². The lowest BCUT2D eigenvalue weighted by Crippen LogP contribution is -2.37. The fourth-order valence-electron chi connectivity index (χ4n) is 2.55. The van der Waals surface area contributed by atoms with Gasteiger partial charge in [0.25, 0.3) is 0 Å². The molecule has 1 aliphatic carbocycles. The van der Waals surface area contributed by atoms with E-state index in [9.17, 15) is 4.79 Å². The molecule has 0 aromatic heterocycles. The molecule has 0 spiro atoms. The summed E-state index contributed by atoms with van der Waals surface area (Å²) in [6.45, 7) is 6.34. The highest BCUT2D eigenvalue weighted by molar-refractivity contribution is 6.40. The van der Waals surface area contributed by atoms with Gasteiger partial charge >= 0.3 is 11.7 Å². The lowest BCUT2D eigenvalue weighted by Gasteiger charge is -2.36. The van der Waals surface area contributed by atoms with Crippen LogP contribution >= 0.6 is 0 Å². The van der Waals surface area contributed by atoms with Crippen LogP contribution in [0.5, 0.6) is 0 Å². The van der Waals surface area contributed by atoms with Crippen LogP contribution in [0.25, 0.3) is 5.53 Å². The van der Waals surface area contributed by atoms with Crippen molar-refractivity contribution < 1.29 is 14.3 Å². The number of hydrogen-bond donors (Lipinski definition) is 0. The van der Waals surface area contributed by atoms with Crippen molar-refractivity contribution in [1.29, 1.82) is 5.26 Å². The molecule has 1 aliphatic rings. The largest absolute Gasteiger partial charge is 0.475 e. The minimum Gasteiger partial charge on any atom is -0.453 e. The lowest BCUT2D eigenvalue weighted by molar-refractivity contribution is -0.151. The summed E-state index contributed by atoms with van der Waals surface area (Å²) >= 11 is 0. The van der Waals surface area contributed by atoms with Gasteiger partial charge in [0, 0.05) is 0 Å². The molecule has 3 atom stereocenters. The summed E-state index contributed by atoms with van der Waals surface area (Å²) in [4.78, 5) is 14.3. The molecule has 5 heteroatoms. The van der Waals surface area contributed by atoms with Crippen LogP contribution in [0.2, 0.25) is 0 Å². The first-order valence-corrected chi connectivity index (χ1v) is 6.32. The molecule has 0 N–H and O–H groups in total. The number of ether oxygens (including phenoxy) is 1. The molecule has 0 heterocycles. The van der Waals surface area contributed by atoms with Crippen molar-refractivity contribution in [1.82, 2.24) is 0 Å². The van der Waals surface area contributed by atoms with E-state index in [4.69, 9.17) is 15.5 Å². The summed E-state index contributed by atoms with van der Waals surface area (Å²) < 4.78 is 5.33. The van der Waals surface area contributed by atoms with Crippen LogP contribution in [0.3, 0.4) is 0 Å². The molecule has 98 valence electrons. The Morgan fingerprint density at radius 2 is 2.17 bits per heavy atom. The molecule has 18 heavy (non-hydrogen) atoms. The van der Waals surface area contributed by atoms with Crippen molar-refractivity contribution in [3.8, 4) is 6.07 Å². The molecule has 0 amide bonds. The molecule has 0 unspecified atom stereocenters. The predicted octanol–water partition coefficient (Wildman–Crippen LogP) is 2.18. The van der Waals surface area contributed by atoms with Crippen LogP contribution in [0.15, 0.2) is 0 Å². The average molecular weight is 249 g/mol. The quantitative estimate of drug-likeness (QED) is 0.332. The summed E-state index contributed by atoms with van der Waals surface area (Å²) in [7, 11) is 0. The standard InChI is InChI=1S/C13H19N3O2/c1-8(2)10-5-4-9(3)6-12(10)18-13(17)11(7-14)16-15/h8-10,12H,4-6H2,1-3H3/t9-,10+,12-/m1/s1. The van der Waals surface area contributed by atoms with E-state index in [2.05, 4.69) is 25.6 Å². The van der Waals surface area contributed by atoms with Crippen molar-refractivity contribution in [3.05, 3.63) is 5.53 Å². The molecule has 0 bridgehead atoms. The molecular formula is C13H19N3O2. The van der Waals surface area contributed by atoms with Crippen molar-refractivity contribution in [2.45, 2.75) is 46.1 Å². The SMILES string of the molecule is CC(C)[C@@H]1CC[C@@H](C)C[C@H]1OC(=O)C(C#N)=[N+]=[N-]. The molecule has 0 aromatic rings. The van der Waals surface area contributed by atoms with E-state index in [1.54, 1.807) is 0 Å². The average Bonchev–Trinajstić information content (AvgIpc) is 2.30. The van der Waals surface area contributed by atoms with E-state index in [1.165, 1.54) is 6.07 Å². The second kappa shape index (κ2) is 6.32. The molecular weight excluding hydrogens is 230 g/mol. The third kappa shape index (κ3) is 3.41. The highest BCUT2D eigenvalue weighted by atomic mass is 16.5. The summed E-state index contributed by atoms with van der Waals surface area (Å²) in [6.07, 6.45) is 2.77. The second-order valence-corrected chi connectivity index (χ2v) is 5.33. The Balaban J connectivity index is 2.76. The second-order valence-electron chi connectivity index (χ2n) is 5.33. The predicted molar refractivity (Wildman–Crippen MR) is 65.5 cm³/mol. The lowest BCUT2D eigenvalue weighted by atomic mass is 9.75. The Labute approximate surface area is 107 Å². The van der Waals surface area contributed by atoms with Gasteiger partial charge in [-0.05, 0) is 30.6 Å². The van der Waals surface area contributed by atoms with Gasteiger partial charge < -0.3 is 10.3 Å².